The van der Waals surface area contributed by atoms with Crippen molar-refractivity contribution < 1.29 is 9.47 Å². The average Bonchev–Trinajstić information content (AvgIpc) is 2.25. The van der Waals surface area contributed by atoms with Crippen LogP contribution in [0.15, 0.2) is 23.1 Å². The fourth-order valence-electron chi connectivity index (χ4n) is 1.39. The van der Waals surface area contributed by atoms with Gasteiger partial charge in [-0.05, 0) is 26.0 Å². The van der Waals surface area contributed by atoms with Gasteiger partial charge in [0.1, 0.15) is 0 Å². The Labute approximate surface area is 94.8 Å². The highest BCUT2D eigenvalue weighted by atomic mass is 16.7. The summed E-state index contributed by atoms with van der Waals surface area (Å²) in [5, 5.41) is 0. The first-order valence-electron chi connectivity index (χ1n) is 5.37. The molecule has 0 amide bonds. The molecule has 0 fully saturated rings. The lowest BCUT2D eigenvalue weighted by Gasteiger charge is -2.18. The fraction of sp³-hybridized carbons (Fsp3) is 0.545. The van der Waals surface area contributed by atoms with Crippen molar-refractivity contribution in [3.63, 3.8) is 0 Å². The third kappa shape index (κ3) is 3.36. The topological polar surface area (TPSA) is 66.5 Å². The number of hydrogen-bond donors (Lipinski definition) is 1. The van der Waals surface area contributed by atoms with Gasteiger partial charge in [-0.3, -0.25) is 4.79 Å². The molecular formula is C11H18N2O3. The number of anilines is 1. The van der Waals surface area contributed by atoms with E-state index in [1.54, 1.807) is 18.3 Å². The minimum Gasteiger partial charge on any atom is -0.394 e. The molecule has 16 heavy (non-hydrogen) atoms. The van der Waals surface area contributed by atoms with E-state index in [2.05, 4.69) is 0 Å². The zero-order valence-electron chi connectivity index (χ0n) is 9.68. The summed E-state index contributed by atoms with van der Waals surface area (Å²) < 4.78 is 12.2. The summed E-state index contributed by atoms with van der Waals surface area (Å²) in [5.41, 5.74) is 5.54. The Hall–Kier alpha value is -1.33. The van der Waals surface area contributed by atoms with Crippen LogP contribution in [0.3, 0.4) is 0 Å². The maximum absolute atomic E-state index is 11.6. The Balaban J connectivity index is 2.76. The molecule has 0 aliphatic carbocycles. The van der Waals surface area contributed by atoms with Gasteiger partial charge >= 0.3 is 0 Å². The van der Waals surface area contributed by atoms with E-state index in [9.17, 15) is 4.79 Å². The maximum atomic E-state index is 11.6. The van der Waals surface area contributed by atoms with Gasteiger partial charge in [0.05, 0.1) is 12.2 Å². The van der Waals surface area contributed by atoms with E-state index in [0.717, 1.165) is 0 Å². The molecule has 1 rings (SSSR count). The summed E-state index contributed by atoms with van der Waals surface area (Å²) in [5.74, 6) is 0. The molecule has 5 nitrogen and oxygen atoms in total. The minimum absolute atomic E-state index is 0.216. The van der Waals surface area contributed by atoms with E-state index in [-0.39, 0.29) is 11.2 Å². The van der Waals surface area contributed by atoms with Crippen LogP contribution in [0.4, 0.5) is 5.69 Å². The normalized spacial score (nSPS) is 10.9. The second-order valence-corrected chi connectivity index (χ2v) is 3.26. The van der Waals surface area contributed by atoms with Gasteiger partial charge in [0, 0.05) is 19.4 Å². The summed E-state index contributed by atoms with van der Waals surface area (Å²) in [6, 6.07) is 3.31. The lowest BCUT2D eigenvalue weighted by Crippen LogP contribution is -2.30. The molecule has 0 saturated heterocycles. The molecule has 0 saturated carbocycles. The number of rotatable bonds is 6. The summed E-state index contributed by atoms with van der Waals surface area (Å²) in [6.07, 6.45) is 1.26. The first-order valence-corrected chi connectivity index (χ1v) is 5.37. The minimum atomic E-state index is -0.408. The van der Waals surface area contributed by atoms with Gasteiger partial charge in [-0.15, -0.1) is 0 Å². The lowest BCUT2D eigenvalue weighted by atomic mass is 10.4. The van der Waals surface area contributed by atoms with Crippen LogP contribution in [0.5, 0.6) is 0 Å². The predicted molar refractivity (Wildman–Crippen MR) is 62.2 cm³/mol. The van der Waals surface area contributed by atoms with Crippen molar-refractivity contribution in [1.29, 1.82) is 0 Å². The van der Waals surface area contributed by atoms with E-state index in [1.807, 2.05) is 13.8 Å². The molecule has 0 spiro atoms. The van der Waals surface area contributed by atoms with Crippen molar-refractivity contribution >= 4 is 5.69 Å². The Morgan fingerprint density at radius 1 is 1.38 bits per heavy atom. The molecule has 1 aromatic rings. The van der Waals surface area contributed by atoms with Crippen LogP contribution in [0, 0.1) is 0 Å². The van der Waals surface area contributed by atoms with Crippen molar-refractivity contribution in [2.45, 2.75) is 26.7 Å². The zero-order valence-corrected chi connectivity index (χ0v) is 9.68. The van der Waals surface area contributed by atoms with Gasteiger partial charge in [-0.25, -0.2) is 0 Å². The molecule has 0 aliphatic heterocycles. The fourth-order valence-corrected chi connectivity index (χ4v) is 1.39. The highest BCUT2D eigenvalue weighted by Crippen LogP contribution is 2.00. The van der Waals surface area contributed by atoms with E-state index in [1.165, 1.54) is 4.57 Å². The summed E-state index contributed by atoms with van der Waals surface area (Å²) in [6.45, 7) is 5.21. The molecular weight excluding hydrogens is 208 g/mol. The van der Waals surface area contributed by atoms with Gasteiger partial charge in [0.25, 0.3) is 5.56 Å². The average molecular weight is 226 g/mol. The first-order chi connectivity index (χ1) is 7.69. The van der Waals surface area contributed by atoms with Gasteiger partial charge in [-0.2, -0.15) is 0 Å². The van der Waals surface area contributed by atoms with Crippen molar-refractivity contribution in [2.75, 3.05) is 18.9 Å². The molecule has 5 heteroatoms. The van der Waals surface area contributed by atoms with Gasteiger partial charge in [0.2, 0.25) is 0 Å². The van der Waals surface area contributed by atoms with E-state index < -0.39 is 6.29 Å². The van der Waals surface area contributed by atoms with Gasteiger partial charge < -0.3 is 19.8 Å². The van der Waals surface area contributed by atoms with E-state index in [0.29, 0.717) is 19.8 Å². The Morgan fingerprint density at radius 3 is 2.56 bits per heavy atom. The number of nitrogens with zero attached hydrogens (tertiary/aromatic N) is 1. The van der Waals surface area contributed by atoms with Crippen molar-refractivity contribution in [1.82, 2.24) is 4.57 Å². The largest absolute Gasteiger partial charge is 0.394 e. The quantitative estimate of drug-likeness (QED) is 0.730. The second-order valence-electron chi connectivity index (χ2n) is 3.26. The smallest absolute Gasteiger partial charge is 0.273 e. The number of ether oxygens (including phenoxy) is 2. The Kier molecular flexibility index (Phi) is 5.01. The number of aromatic nitrogens is 1. The Morgan fingerprint density at radius 2 is 2.00 bits per heavy atom. The third-order valence-corrected chi connectivity index (χ3v) is 2.10. The number of hydrogen-bond acceptors (Lipinski definition) is 4. The van der Waals surface area contributed by atoms with Crippen LogP contribution in [0.1, 0.15) is 13.8 Å². The molecule has 1 aromatic heterocycles. The highest BCUT2D eigenvalue weighted by Gasteiger charge is 2.10. The summed E-state index contributed by atoms with van der Waals surface area (Å²) in [4.78, 5) is 11.6. The van der Waals surface area contributed by atoms with Crippen molar-refractivity contribution in [2.24, 2.45) is 0 Å². The maximum Gasteiger partial charge on any atom is 0.273 e. The van der Waals surface area contributed by atoms with Crippen molar-refractivity contribution in [3.8, 4) is 0 Å². The van der Waals surface area contributed by atoms with Gasteiger partial charge in [-0.1, -0.05) is 0 Å². The molecule has 0 radical (unpaired) electrons. The zero-order chi connectivity index (χ0) is 12.0. The van der Waals surface area contributed by atoms with Crippen LogP contribution in [-0.2, 0) is 16.0 Å². The highest BCUT2D eigenvalue weighted by molar-refractivity contribution is 5.33. The molecule has 2 N–H and O–H groups in total. The Bertz CT molecular complexity index is 370. The molecule has 1 heterocycles. The molecule has 0 atom stereocenters. The first kappa shape index (κ1) is 12.7. The molecule has 0 bridgehead atoms. The summed E-state index contributed by atoms with van der Waals surface area (Å²) in [7, 11) is 0. The standard InChI is InChI=1S/C11H18N2O3/c1-3-15-10(16-4-2)8-13-7-5-6-9(12)11(13)14/h5-7,10H,3-4,8,12H2,1-2H3. The molecule has 90 valence electrons. The molecule has 0 aliphatic rings. The van der Waals surface area contributed by atoms with E-state index >= 15 is 0 Å². The van der Waals surface area contributed by atoms with E-state index in [4.69, 9.17) is 15.2 Å². The molecule has 0 unspecified atom stereocenters. The summed E-state index contributed by atoms with van der Waals surface area (Å²) >= 11 is 0. The number of pyridine rings is 1. The van der Waals surface area contributed by atoms with Crippen molar-refractivity contribution in [3.05, 3.63) is 28.7 Å². The number of nitrogens with two attached hydrogens (primary N) is 1. The molecule has 0 aromatic carbocycles. The van der Waals surface area contributed by atoms with Crippen LogP contribution < -0.4 is 11.3 Å². The second kappa shape index (κ2) is 6.30. The number of nitrogen functional groups attached to an aromatic ring is 1. The predicted octanol–water partition coefficient (Wildman–Crippen LogP) is 0.830. The lowest BCUT2D eigenvalue weighted by molar-refractivity contribution is -0.143. The third-order valence-electron chi connectivity index (χ3n) is 2.10. The SMILES string of the molecule is CCOC(Cn1cccc(N)c1=O)OCC. The van der Waals surface area contributed by atoms with Crippen LogP contribution in [0.25, 0.3) is 0 Å². The monoisotopic (exact) mass is 226 g/mol. The van der Waals surface area contributed by atoms with Gasteiger partial charge in [0.15, 0.2) is 6.29 Å². The van der Waals surface area contributed by atoms with Crippen LogP contribution >= 0.6 is 0 Å². The van der Waals surface area contributed by atoms with Crippen LogP contribution in [0.2, 0.25) is 0 Å². The van der Waals surface area contributed by atoms with Crippen LogP contribution in [-0.4, -0.2) is 24.1 Å².